The van der Waals surface area contributed by atoms with Gasteiger partial charge in [0.2, 0.25) is 0 Å². The van der Waals surface area contributed by atoms with E-state index in [9.17, 15) is 5.11 Å². The molecule has 3 nitrogen and oxygen atoms in total. The molecule has 2 aromatic rings. The lowest BCUT2D eigenvalue weighted by atomic mass is 10.2. The molecule has 0 radical (unpaired) electrons. The van der Waals surface area contributed by atoms with Crippen molar-refractivity contribution in [2.75, 3.05) is 5.32 Å². The first-order valence-corrected chi connectivity index (χ1v) is 6.91. The Kier molecular flexibility index (Phi) is 4.74. The second kappa shape index (κ2) is 6.53. The molecule has 0 saturated carbocycles. The van der Waals surface area contributed by atoms with Gasteiger partial charge in [0.25, 0.3) is 0 Å². The summed E-state index contributed by atoms with van der Waals surface area (Å²) < 4.78 is 5.77. The van der Waals surface area contributed by atoms with Gasteiger partial charge in [-0.1, -0.05) is 29.8 Å². The van der Waals surface area contributed by atoms with Gasteiger partial charge in [0, 0.05) is 17.8 Å². The van der Waals surface area contributed by atoms with Gasteiger partial charge >= 0.3 is 0 Å². The maximum Gasteiger partial charge on any atom is 0.134 e. The van der Waals surface area contributed by atoms with Crippen LogP contribution in [0.25, 0.3) is 0 Å². The summed E-state index contributed by atoms with van der Waals surface area (Å²) >= 11 is 5.88. The average molecular weight is 292 g/mol. The molecule has 0 atom stereocenters. The summed E-state index contributed by atoms with van der Waals surface area (Å²) in [7, 11) is 0. The minimum atomic E-state index is 0.0840. The fourth-order valence-corrected chi connectivity index (χ4v) is 2.01. The molecule has 0 aromatic heterocycles. The lowest BCUT2D eigenvalue weighted by Gasteiger charge is -2.15. The third-order valence-corrected chi connectivity index (χ3v) is 3.07. The summed E-state index contributed by atoms with van der Waals surface area (Å²) in [5, 5.41) is 13.0. The van der Waals surface area contributed by atoms with E-state index in [0.717, 1.165) is 17.0 Å². The van der Waals surface area contributed by atoms with Crippen LogP contribution in [0.3, 0.4) is 0 Å². The van der Waals surface area contributed by atoms with Crippen molar-refractivity contribution in [3.8, 4) is 11.5 Å². The Morgan fingerprint density at radius 2 is 1.95 bits per heavy atom. The number of hydrogen-bond acceptors (Lipinski definition) is 3. The number of hydrogen-bond donors (Lipinski definition) is 2. The van der Waals surface area contributed by atoms with E-state index in [0.29, 0.717) is 11.6 Å². The van der Waals surface area contributed by atoms with E-state index >= 15 is 0 Å². The monoisotopic (exact) mass is 291 g/mol. The molecular weight excluding hydrogens is 274 g/mol. The predicted octanol–water partition coefficient (Wildman–Crippen LogP) is 4.44. The van der Waals surface area contributed by atoms with E-state index in [2.05, 4.69) is 5.32 Å². The van der Waals surface area contributed by atoms with E-state index in [4.69, 9.17) is 16.3 Å². The van der Waals surface area contributed by atoms with Crippen molar-refractivity contribution in [2.45, 2.75) is 26.5 Å². The maximum absolute atomic E-state index is 9.39. The SMILES string of the molecule is CC(C)Oc1ccccc1CNc1ccc(O)c(Cl)c1. The van der Waals surface area contributed by atoms with Gasteiger partial charge in [-0.05, 0) is 38.1 Å². The van der Waals surface area contributed by atoms with Crippen LogP contribution in [0.4, 0.5) is 5.69 Å². The molecule has 0 unspecified atom stereocenters. The first-order valence-electron chi connectivity index (χ1n) is 6.53. The Hall–Kier alpha value is -1.87. The first kappa shape index (κ1) is 14.5. The molecule has 0 aliphatic rings. The minimum Gasteiger partial charge on any atom is -0.506 e. The smallest absolute Gasteiger partial charge is 0.134 e. The molecule has 0 aliphatic heterocycles. The van der Waals surface area contributed by atoms with Crippen molar-refractivity contribution >= 4 is 17.3 Å². The molecule has 4 heteroatoms. The topological polar surface area (TPSA) is 41.5 Å². The van der Waals surface area contributed by atoms with Crippen LogP contribution < -0.4 is 10.1 Å². The summed E-state index contributed by atoms with van der Waals surface area (Å²) in [6, 6.07) is 13.0. The highest BCUT2D eigenvalue weighted by molar-refractivity contribution is 6.32. The van der Waals surface area contributed by atoms with Gasteiger partial charge in [-0.15, -0.1) is 0 Å². The van der Waals surface area contributed by atoms with E-state index in [-0.39, 0.29) is 11.9 Å². The van der Waals surface area contributed by atoms with E-state index in [1.165, 1.54) is 0 Å². The fourth-order valence-electron chi connectivity index (χ4n) is 1.83. The highest BCUT2D eigenvalue weighted by atomic mass is 35.5. The van der Waals surface area contributed by atoms with Crippen LogP contribution in [0.1, 0.15) is 19.4 Å². The Morgan fingerprint density at radius 3 is 2.65 bits per heavy atom. The standard InChI is InChI=1S/C16H18ClNO2/c1-11(2)20-16-6-4-3-5-12(16)10-18-13-7-8-15(19)14(17)9-13/h3-9,11,18-19H,10H2,1-2H3. The van der Waals surface area contributed by atoms with Gasteiger partial charge < -0.3 is 15.2 Å². The highest BCUT2D eigenvalue weighted by Gasteiger charge is 2.05. The normalized spacial score (nSPS) is 10.6. The number of phenols is 1. The van der Waals surface area contributed by atoms with Crippen molar-refractivity contribution in [1.29, 1.82) is 0 Å². The van der Waals surface area contributed by atoms with Crippen LogP contribution in [0, 0.1) is 0 Å². The van der Waals surface area contributed by atoms with E-state index in [1.807, 2.05) is 38.1 Å². The predicted molar refractivity (Wildman–Crippen MR) is 82.6 cm³/mol. The molecule has 106 valence electrons. The van der Waals surface area contributed by atoms with Gasteiger partial charge in [0.05, 0.1) is 11.1 Å². The molecule has 0 spiro atoms. The number of aromatic hydroxyl groups is 1. The zero-order chi connectivity index (χ0) is 14.5. The summed E-state index contributed by atoms with van der Waals surface area (Å²) in [4.78, 5) is 0. The zero-order valence-electron chi connectivity index (χ0n) is 11.6. The van der Waals surface area contributed by atoms with E-state index < -0.39 is 0 Å². The van der Waals surface area contributed by atoms with Crippen LogP contribution >= 0.6 is 11.6 Å². The minimum absolute atomic E-state index is 0.0840. The molecule has 0 amide bonds. The van der Waals surface area contributed by atoms with Crippen molar-refractivity contribution in [3.63, 3.8) is 0 Å². The largest absolute Gasteiger partial charge is 0.506 e. The summed E-state index contributed by atoms with van der Waals surface area (Å²) in [5.41, 5.74) is 1.93. The molecule has 2 rings (SSSR count). The molecule has 0 heterocycles. The summed E-state index contributed by atoms with van der Waals surface area (Å²) in [6.07, 6.45) is 0.138. The van der Waals surface area contributed by atoms with Gasteiger partial charge in [-0.2, -0.15) is 0 Å². The number of nitrogens with one attached hydrogen (secondary N) is 1. The summed E-state index contributed by atoms with van der Waals surface area (Å²) in [5.74, 6) is 0.959. The molecular formula is C16H18ClNO2. The number of rotatable bonds is 5. The van der Waals surface area contributed by atoms with Gasteiger partial charge in [0.15, 0.2) is 0 Å². The van der Waals surface area contributed by atoms with E-state index in [1.54, 1.807) is 18.2 Å². The molecule has 0 aliphatic carbocycles. The maximum atomic E-state index is 9.39. The lowest BCUT2D eigenvalue weighted by Crippen LogP contribution is -2.09. The van der Waals surface area contributed by atoms with Crippen molar-refractivity contribution in [1.82, 2.24) is 0 Å². The molecule has 20 heavy (non-hydrogen) atoms. The zero-order valence-corrected chi connectivity index (χ0v) is 12.3. The van der Waals surface area contributed by atoms with Crippen LogP contribution in [0.5, 0.6) is 11.5 Å². The number of anilines is 1. The Labute approximate surface area is 124 Å². The number of halogens is 1. The molecule has 2 N–H and O–H groups in total. The van der Waals surface area contributed by atoms with Crippen LogP contribution in [0.15, 0.2) is 42.5 Å². The van der Waals surface area contributed by atoms with Crippen LogP contribution in [-0.4, -0.2) is 11.2 Å². The lowest BCUT2D eigenvalue weighted by molar-refractivity contribution is 0.240. The van der Waals surface area contributed by atoms with Gasteiger partial charge in [0.1, 0.15) is 11.5 Å². The average Bonchev–Trinajstić information content (AvgIpc) is 2.41. The summed E-state index contributed by atoms with van der Waals surface area (Å²) in [6.45, 7) is 4.64. The third kappa shape index (κ3) is 3.81. The number of para-hydroxylation sites is 1. The van der Waals surface area contributed by atoms with Crippen LogP contribution in [0.2, 0.25) is 5.02 Å². The van der Waals surface area contributed by atoms with Crippen molar-refractivity contribution in [3.05, 3.63) is 53.1 Å². The van der Waals surface area contributed by atoms with Crippen LogP contribution in [-0.2, 0) is 6.54 Å². The van der Waals surface area contributed by atoms with Crippen molar-refractivity contribution < 1.29 is 9.84 Å². The third-order valence-electron chi connectivity index (χ3n) is 2.77. The Bertz CT molecular complexity index is 584. The fraction of sp³-hybridized carbons (Fsp3) is 0.250. The number of phenolic OH excluding ortho intramolecular Hbond substituents is 1. The second-order valence-electron chi connectivity index (χ2n) is 4.79. The Morgan fingerprint density at radius 1 is 1.20 bits per heavy atom. The van der Waals surface area contributed by atoms with Gasteiger partial charge in [-0.25, -0.2) is 0 Å². The number of benzene rings is 2. The number of ether oxygens (including phenoxy) is 1. The molecule has 2 aromatic carbocycles. The highest BCUT2D eigenvalue weighted by Crippen LogP contribution is 2.27. The first-order chi connectivity index (χ1) is 9.56. The Balaban J connectivity index is 2.08. The molecule has 0 saturated heterocycles. The molecule has 0 bridgehead atoms. The quantitative estimate of drug-likeness (QED) is 0.800. The second-order valence-corrected chi connectivity index (χ2v) is 5.20. The molecule has 0 fully saturated rings. The van der Waals surface area contributed by atoms with Gasteiger partial charge in [-0.3, -0.25) is 0 Å². The van der Waals surface area contributed by atoms with Crippen molar-refractivity contribution in [2.24, 2.45) is 0 Å².